The van der Waals surface area contributed by atoms with E-state index in [4.69, 9.17) is 5.11 Å². The largest absolute Gasteiger partial charge is 0.481 e. The number of carbonyl (C=O) groups excluding carboxylic acids is 1. The lowest BCUT2D eigenvalue weighted by Crippen LogP contribution is -2.51. The number of carboxylic acids is 1. The Balaban J connectivity index is 2.31. The summed E-state index contributed by atoms with van der Waals surface area (Å²) in [5.74, 6) is -1.08. The predicted molar refractivity (Wildman–Crippen MR) is 73.1 cm³/mol. The lowest BCUT2D eigenvalue weighted by Gasteiger charge is -2.32. The van der Waals surface area contributed by atoms with Gasteiger partial charge in [-0.3, -0.25) is 4.79 Å². The highest BCUT2D eigenvalue weighted by Crippen LogP contribution is 2.25. The molecule has 2 atom stereocenters. The Labute approximate surface area is 114 Å². The van der Waals surface area contributed by atoms with E-state index in [0.29, 0.717) is 19.4 Å². The zero-order valence-electron chi connectivity index (χ0n) is 12.2. The van der Waals surface area contributed by atoms with E-state index in [9.17, 15) is 9.59 Å². The minimum Gasteiger partial charge on any atom is -0.481 e. The molecule has 3 N–H and O–H groups in total. The second kappa shape index (κ2) is 6.23. The smallest absolute Gasteiger partial charge is 0.315 e. The van der Waals surface area contributed by atoms with Gasteiger partial charge in [-0.05, 0) is 47.2 Å². The molecule has 6 heteroatoms. The molecule has 1 saturated carbocycles. The third kappa shape index (κ3) is 4.70. The number of likely N-dealkylation sites (N-methyl/N-ethyl adjacent to an activating group) is 1. The average Bonchev–Trinajstić information content (AvgIpc) is 2.75. The Hall–Kier alpha value is -1.30. The molecule has 1 fully saturated rings. The number of urea groups is 1. The minimum atomic E-state index is -0.765. The molecule has 1 rings (SSSR count). The topological polar surface area (TPSA) is 81.7 Å². The first-order chi connectivity index (χ1) is 8.72. The summed E-state index contributed by atoms with van der Waals surface area (Å²) < 4.78 is 0. The van der Waals surface area contributed by atoms with Crippen LogP contribution in [0.5, 0.6) is 0 Å². The zero-order valence-corrected chi connectivity index (χ0v) is 12.2. The van der Waals surface area contributed by atoms with Crippen LogP contribution in [0.25, 0.3) is 0 Å². The van der Waals surface area contributed by atoms with Gasteiger partial charge in [0.15, 0.2) is 0 Å². The SMILES string of the molecule is CN(C)C(C)(C)CNC(=O)N[C@H]1CC[C@@H](C(=O)O)C1. The Morgan fingerprint density at radius 2 is 1.95 bits per heavy atom. The maximum absolute atomic E-state index is 11.8. The van der Waals surface area contributed by atoms with Gasteiger partial charge < -0.3 is 20.6 Å². The van der Waals surface area contributed by atoms with Crippen LogP contribution in [-0.4, -0.2) is 54.2 Å². The number of amides is 2. The van der Waals surface area contributed by atoms with Crippen LogP contribution in [0.3, 0.4) is 0 Å². The Bertz CT molecular complexity index is 342. The number of hydrogen-bond acceptors (Lipinski definition) is 3. The first-order valence-corrected chi connectivity index (χ1v) is 6.67. The summed E-state index contributed by atoms with van der Waals surface area (Å²) in [5.41, 5.74) is -0.114. The predicted octanol–water partition coefficient (Wildman–Crippen LogP) is 0.879. The van der Waals surface area contributed by atoms with Gasteiger partial charge in [-0.2, -0.15) is 0 Å². The van der Waals surface area contributed by atoms with Crippen molar-refractivity contribution in [3.05, 3.63) is 0 Å². The Kier molecular flexibility index (Phi) is 5.17. The van der Waals surface area contributed by atoms with Crippen molar-refractivity contribution in [2.24, 2.45) is 5.92 Å². The number of carboxylic acid groups (broad SMARTS) is 1. The molecule has 6 nitrogen and oxygen atoms in total. The van der Waals surface area contributed by atoms with Crippen molar-refractivity contribution in [1.29, 1.82) is 0 Å². The molecular weight excluding hydrogens is 246 g/mol. The fourth-order valence-electron chi connectivity index (χ4n) is 2.03. The molecule has 0 aliphatic heterocycles. The molecule has 0 radical (unpaired) electrons. The van der Waals surface area contributed by atoms with Crippen LogP contribution in [0.2, 0.25) is 0 Å². The molecule has 0 saturated heterocycles. The second-order valence-electron chi connectivity index (χ2n) is 6.08. The van der Waals surface area contributed by atoms with Crippen molar-refractivity contribution in [2.75, 3.05) is 20.6 Å². The fraction of sp³-hybridized carbons (Fsp3) is 0.846. The van der Waals surface area contributed by atoms with Crippen molar-refractivity contribution in [3.8, 4) is 0 Å². The van der Waals surface area contributed by atoms with Crippen molar-refractivity contribution in [2.45, 2.75) is 44.7 Å². The quantitative estimate of drug-likeness (QED) is 0.693. The molecule has 0 heterocycles. The van der Waals surface area contributed by atoms with Crippen molar-refractivity contribution in [3.63, 3.8) is 0 Å². The summed E-state index contributed by atoms with van der Waals surface area (Å²) in [4.78, 5) is 24.6. The summed E-state index contributed by atoms with van der Waals surface area (Å²) in [6, 6.07) is -0.241. The lowest BCUT2D eigenvalue weighted by molar-refractivity contribution is -0.141. The number of hydrogen-bond donors (Lipinski definition) is 3. The Morgan fingerprint density at radius 1 is 1.32 bits per heavy atom. The number of rotatable bonds is 5. The number of nitrogens with one attached hydrogen (secondary N) is 2. The van der Waals surface area contributed by atoms with Crippen LogP contribution in [0.1, 0.15) is 33.1 Å². The normalized spacial score (nSPS) is 23.4. The summed E-state index contributed by atoms with van der Waals surface area (Å²) in [7, 11) is 3.93. The van der Waals surface area contributed by atoms with Crippen molar-refractivity contribution in [1.82, 2.24) is 15.5 Å². The molecule has 0 unspecified atom stereocenters. The van der Waals surface area contributed by atoms with E-state index in [-0.39, 0.29) is 23.5 Å². The molecule has 1 aliphatic carbocycles. The highest BCUT2D eigenvalue weighted by molar-refractivity contribution is 5.75. The van der Waals surface area contributed by atoms with E-state index >= 15 is 0 Å². The monoisotopic (exact) mass is 271 g/mol. The van der Waals surface area contributed by atoms with Crippen LogP contribution in [-0.2, 0) is 4.79 Å². The van der Waals surface area contributed by atoms with Gasteiger partial charge in [0, 0.05) is 18.1 Å². The van der Waals surface area contributed by atoms with E-state index in [1.807, 2.05) is 32.8 Å². The molecule has 2 amide bonds. The third-order valence-electron chi connectivity index (χ3n) is 4.01. The van der Waals surface area contributed by atoms with E-state index < -0.39 is 5.97 Å². The maximum Gasteiger partial charge on any atom is 0.315 e. The Morgan fingerprint density at radius 3 is 2.42 bits per heavy atom. The zero-order chi connectivity index (χ0) is 14.6. The van der Waals surface area contributed by atoms with Crippen molar-refractivity contribution >= 4 is 12.0 Å². The van der Waals surface area contributed by atoms with Gasteiger partial charge in [0.05, 0.1) is 5.92 Å². The minimum absolute atomic E-state index is 0.0245. The maximum atomic E-state index is 11.8. The first-order valence-electron chi connectivity index (χ1n) is 6.67. The van der Waals surface area contributed by atoms with E-state index in [1.165, 1.54) is 0 Å². The van der Waals surface area contributed by atoms with Gasteiger partial charge in [-0.1, -0.05) is 0 Å². The van der Waals surface area contributed by atoms with E-state index in [2.05, 4.69) is 10.6 Å². The van der Waals surface area contributed by atoms with Gasteiger partial charge >= 0.3 is 12.0 Å². The molecule has 0 aromatic carbocycles. The van der Waals surface area contributed by atoms with Gasteiger partial charge in [-0.25, -0.2) is 4.79 Å². The van der Waals surface area contributed by atoms with Gasteiger partial charge in [0.2, 0.25) is 0 Å². The number of nitrogens with zero attached hydrogens (tertiary/aromatic N) is 1. The van der Waals surface area contributed by atoms with Crippen LogP contribution < -0.4 is 10.6 Å². The van der Waals surface area contributed by atoms with Crippen LogP contribution in [0.4, 0.5) is 4.79 Å². The van der Waals surface area contributed by atoms with Gasteiger partial charge in [0.1, 0.15) is 0 Å². The average molecular weight is 271 g/mol. The summed E-state index contributed by atoms with van der Waals surface area (Å²) in [5, 5.41) is 14.6. The van der Waals surface area contributed by atoms with Crippen LogP contribution in [0.15, 0.2) is 0 Å². The second-order valence-corrected chi connectivity index (χ2v) is 6.08. The number of aliphatic carboxylic acids is 1. The molecule has 1 aliphatic rings. The highest BCUT2D eigenvalue weighted by Gasteiger charge is 2.30. The molecule has 0 aromatic rings. The van der Waals surface area contributed by atoms with Crippen molar-refractivity contribution < 1.29 is 14.7 Å². The molecule has 19 heavy (non-hydrogen) atoms. The molecular formula is C13H25N3O3. The lowest BCUT2D eigenvalue weighted by atomic mass is 10.0. The van der Waals surface area contributed by atoms with Crippen LogP contribution >= 0.6 is 0 Å². The molecule has 0 bridgehead atoms. The van der Waals surface area contributed by atoms with Crippen LogP contribution in [0, 0.1) is 5.92 Å². The van der Waals surface area contributed by atoms with Gasteiger partial charge in [-0.15, -0.1) is 0 Å². The van der Waals surface area contributed by atoms with E-state index in [0.717, 1.165) is 6.42 Å². The van der Waals surface area contributed by atoms with Gasteiger partial charge in [0.25, 0.3) is 0 Å². The molecule has 110 valence electrons. The first kappa shape index (κ1) is 15.8. The molecule has 0 spiro atoms. The summed E-state index contributed by atoms with van der Waals surface area (Å²) in [6.07, 6.45) is 1.91. The molecule has 0 aromatic heterocycles. The summed E-state index contributed by atoms with van der Waals surface area (Å²) >= 11 is 0. The standard InChI is InChI=1S/C13H25N3O3/c1-13(2,16(3)4)8-14-12(19)15-10-6-5-9(7-10)11(17)18/h9-10H,5-8H2,1-4H3,(H,17,18)(H2,14,15,19)/t9-,10+/m1/s1. The summed E-state index contributed by atoms with van der Waals surface area (Å²) in [6.45, 7) is 4.63. The third-order valence-corrected chi connectivity index (χ3v) is 4.01. The highest BCUT2D eigenvalue weighted by atomic mass is 16.4. The fourth-order valence-corrected chi connectivity index (χ4v) is 2.03. The van der Waals surface area contributed by atoms with E-state index in [1.54, 1.807) is 0 Å². The number of carbonyl (C=O) groups is 2.